The molecule has 0 atom stereocenters. The molecule has 18 heavy (non-hydrogen) atoms. The quantitative estimate of drug-likeness (QED) is 0.787. The van der Waals surface area contributed by atoms with Crippen molar-refractivity contribution in [3.63, 3.8) is 0 Å². The molecule has 2 rings (SSSR count). The Kier molecular flexibility index (Phi) is 2.88. The molecule has 0 aliphatic carbocycles. The second-order valence-corrected chi connectivity index (χ2v) is 4.94. The highest BCUT2D eigenvalue weighted by Crippen LogP contribution is 2.32. The van der Waals surface area contributed by atoms with E-state index in [-0.39, 0.29) is 17.7 Å². The molecule has 0 amide bonds. The highest BCUT2D eigenvalue weighted by molar-refractivity contribution is 5.90. The van der Waals surface area contributed by atoms with Crippen molar-refractivity contribution in [1.29, 1.82) is 0 Å². The fraction of sp³-hybridized carbons (Fsp3) is 0.583. The van der Waals surface area contributed by atoms with E-state index in [2.05, 4.69) is 4.98 Å². The van der Waals surface area contributed by atoms with Gasteiger partial charge < -0.3 is 9.84 Å². The summed E-state index contributed by atoms with van der Waals surface area (Å²) in [4.78, 5) is 27.7. The number of aromatic nitrogens is 2. The molecule has 0 saturated heterocycles. The highest BCUT2D eigenvalue weighted by Gasteiger charge is 2.35. The highest BCUT2D eigenvalue weighted by atomic mass is 16.5. The number of rotatable bonds is 2. The summed E-state index contributed by atoms with van der Waals surface area (Å²) in [6, 6.07) is 0. The van der Waals surface area contributed by atoms with Crippen LogP contribution in [0, 0.1) is 0 Å². The van der Waals surface area contributed by atoms with Crippen molar-refractivity contribution in [1.82, 2.24) is 9.55 Å². The van der Waals surface area contributed by atoms with Gasteiger partial charge in [0.15, 0.2) is 5.69 Å². The van der Waals surface area contributed by atoms with Crippen LogP contribution in [0.3, 0.4) is 0 Å². The zero-order chi connectivity index (χ0) is 13.5. The third kappa shape index (κ3) is 1.77. The Hall–Kier alpha value is -1.85. The van der Waals surface area contributed by atoms with Gasteiger partial charge in [0.2, 0.25) is 5.75 Å². The molecule has 6 heteroatoms. The molecule has 0 spiro atoms. The van der Waals surface area contributed by atoms with Crippen molar-refractivity contribution < 1.29 is 14.6 Å². The third-order valence-electron chi connectivity index (χ3n) is 3.18. The van der Waals surface area contributed by atoms with E-state index in [4.69, 9.17) is 4.74 Å². The summed E-state index contributed by atoms with van der Waals surface area (Å²) in [5.74, 6) is -0.874. The van der Waals surface area contributed by atoms with E-state index in [0.717, 1.165) is 6.42 Å². The minimum atomic E-state index is -0.766. The molecular weight excluding hydrogens is 236 g/mol. The molecule has 1 aromatic rings. The number of carbonyl (C=O) groups is 1. The van der Waals surface area contributed by atoms with Crippen LogP contribution in [0.1, 0.15) is 43.5 Å². The molecule has 1 aromatic heterocycles. The van der Waals surface area contributed by atoms with Crippen molar-refractivity contribution in [3.8, 4) is 5.75 Å². The lowest BCUT2D eigenvalue weighted by Gasteiger charge is -2.17. The molecular formula is C12H16N2O4. The van der Waals surface area contributed by atoms with Gasteiger partial charge in [-0.25, -0.2) is 9.78 Å². The van der Waals surface area contributed by atoms with Crippen molar-refractivity contribution >= 4 is 5.97 Å². The van der Waals surface area contributed by atoms with E-state index in [9.17, 15) is 14.7 Å². The lowest BCUT2D eigenvalue weighted by Crippen LogP contribution is -2.27. The molecule has 0 fully saturated rings. The van der Waals surface area contributed by atoms with E-state index in [1.807, 2.05) is 13.8 Å². The number of fused-ring (bicyclic) bond motifs is 1. The lowest BCUT2D eigenvalue weighted by molar-refractivity contribution is 0.0514. The molecule has 0 radical (unpaired) electrons. The van der Waals surface area contributed by atoms with Crippen LogP contribution in [-0.2, 0) is 16.7 Å². The van der Waals surface area contributed by atoms with Gasteiger partial charge in [-0.15, -0.1) is 0 Å². The summed E-state index contributed by atoms with van der Waals surface area (Å²) in [5.41, 5.74) is -1.15. The molecule has 0 aromatic carbocycles. The van der Waals surface area contributed by atoms with Crippen LogP contribution in [0.4, 0.5) is 0 Å². The van der Waals surface area contributed by atoms with Gasteiger partial charge in [0.25, 0.3) is 5.56 Å². The van der Waals surface area contributed by atoms with Crippen LogP contribution >= 0.6 is 0 Å². The molecule has 0 bridgehead atoms. The first-order chi connectivity index (χ1) is 8.38. The van der Waals surface area contributed by atoms with Gasteiger partial charge in [-0.1, -0.05) is 13.8 Å². The Morgan fingerprint density at radius 1 is 1.56 bits per heavy atom. The second-order valence-electron chi connectivity index (χ2n) is 4.94. The molecule has 1 aliphatic heterocycles. The van der Waals surface area contributed by atoms with E-state index in [1.165, 1.54) is 4.57 Å². The summed E-state index contributed by atoms with van der Waals surface area (Å²) in [7, 11) is 0. The molecule has 6 nitrogen and oxygen atoms in total. The number of aromatic hydroxyl groups is 1. The Labute approximate surface area is 104 Å². The molecule has 0 unspecified atom stereocenters. The van der Waals surface area contributed by atoms with Crippen LogP contribution in [0.5, 0.6) is 5.75 Å². The van der Waals surface area contributed by atoms with Crippen LogP contribution in [0.2, 0.25) is 0 Å². The maximum Gasteiger partial charge on any atom is 0.361 e. The first kappa shape index (κ1) is 12.6. The first-order valence-corrected chi connectivity index (χ1v) is 5.90. The van der Waals surface area contributed by atoms with Gasteiger partial charge >= 0.3 is 5.97 Å². The maximum atomic E-state index is 11.9. The molecule has 1 aliphatic rings. The van der Waals surface area contributed by atoms with Crippen molar-refractivity contribution in [2.45, 2.75) is 39.2 Å². The number of esters is 1. The predicted octanol–water partition coefficient (Wildman–Crippen LogP) is 0.807. The van der Waals surface area contributed by atoms with Crippen molar-refractivity contribution in [2.75, 3.05) is 6.61 Å². The largest absolute Gasteiger partial charge is 0.501 e. The average molecular weight is 252 g/mol. The first-order valence-electron chi connectivity index (χ1n) is 5.90. The predicted molar refractivity (Wildman–Crippen MR) is 63.8 cm³/mol. The van der Waals surface area contributed by atoms with E-state index < -0.39 is 17.3 Å². The Morgan fingerprint density at radius 3 is 2.83 bits per heavy atom. The number of hydrogen-bond acceptors (Lipinski definition) is 5. The van der Waals surface area contributed by atoms with Gasteiger partial charge in [-0.2, -0.15) is 0 Å². The maximum absolute atomic E-state index is 11.9. The molecule has 98 valence electrons. The summed E-state index contributed by atoms with van der Waals surface area (Å²) in [5, 5.41) is 9.73. The topological polar surface area (TPSA) is 81.4 Å². The van der Waals surface area contributed by atoms with Gasteiger partial charge in [0.1, 0.15) is 5.82 Å². The zero-order valence-corrected chi connectivity index (χ0v) is 10.7. The van der Waals surface area contributed by atoms with Crippen LogP contribution in [0.15, 0.2) is 4.79 Å². The number of nitrogens with zero attached hydrogens (tertiary/aromatic N) is 2. The molecule has 1 N–H and O–H groups in total. The van der Waals surface area contributed by atoms with Gasteiger partial charge in [0, 0.05) is 12.0 Å². The van der Waals surface area contributed by atoms with Crippen LogP contribution in [-0.4, -0.2) is 27.2 Å². The zero-order valence-electron chi connectivity index (χ0n) is 10.7. The summed E-state index contributed by atoms with van der Waals surface area (Å²) >= 11 is 0. The Morgan fingerprint density at radius 2 is 2.22 bits per heavy atom. The number of carbonyl (C=O) groups excluding carboxylic acids is 1. The van der Waals surface area contributed by atoms with Crippen LogP contribution in [0.25, 0.3) is 0 Å². The van der Waals surface area contributed by atoms with Gasteiger partial charge in [0.05, 0.1) is 6.61 Å². The SMILES string of the molecule is CCOC(=O)c1nc2n(c(=O)c1O)CCC2(C)C. The van der Waals surface area contributed by atoms with Gasteiger partial charge in [-0.3, -0.25) is 9.36 Å². The smallest absolute Gasteiger partial charge is 0.361 e. The van der Waals surface area contributed by atoms with E-state index in [0.29, 0.717) is 12.4 Å². The molecule has 0 saturated carbocycles. The van der Waals surface area contributed by atoms with Crippen molar-refractivity contribution in [3.05, 3.63) is 21.9 Å². The van der Waals surface area contributed by atoms with Crippen LogP contribution < -0.4 is 5.56 Å². The number of ether oxygens (including phenoxy) is 1. The fourth-order valence-electron chi connectivity index (χ4n) is 2.11. The molecule has 2 heterocycles. The Bertz CT molecular complexity index is 560. The Balaban J connectivity index is 2.62. The normalized spacial score (nSPS) is 16.4. The fourth-order valence-corrected chi connectivity index (χ4v) is 2.11. The second kappa shape index (κ2) is 4.12. The monoisotopic (exact) mass is 252 g/mol. The van der Waals surface area contributed by atoms with Crippen molar-refractivity contribution in [2.24, 2.45) is 0 Å². The third-order valence-corrected chi connectivity index (χ3v) is 3.18. The minimum absolute atomic E-state index is 0.168. The summed E-state index contributed by atoms with van der Waals surface area (Å²) in [6.07, 6.45) is 0.751. The van der Waals surface area contributed by atoms with Gasteiger partial charge in [-0.05, 0) is 13.3 Å². The minimum Gasteiger partial charge on any atom is -0.501 e. The lowest BCUT2D eigenvalue weighted by atomic mass is 9.91. The standard InChI is InChI=1S/C12H16N2O4/c1-4-18-10(17)7-8(15)9(16)14-6-5-12(2,3)11(14)13-7/h15H,4-6H2,1-3H3. The average Bonchev–Trinajstić information content (AvgIpc) is 2.60. The number of hydrogen-bond donors (Lipinski definition) is 1. The summed E-state index contributed by atoms with van der Waals surface area (Å²) in [6.45, 7) is 6.22. The van der Waals surface area contributed by atoms with E-state index >= 15 is 0 Å². The summed E-state index contributed by atoms with van der Waals surface area (Å²) < 4.78 is 6.20. The van der Waals surface area contributed by atoms with E-state index in [1.54, 1.807) is 6.92 Å².